The second-order valence-electron chi connectivity index (χ2n) is 2.66. The highest BCUT2D eigenvalue weighted by molar-refractivity contribution is 7.05. The van der Waals surface area contributed by atoms with Gasteiger partial charge in [-0.2, -0.15) is 0 Å². The molecule has 0 radical (unpaired) electrons. The molecule has 0 atom stereocenters. The van der Waals surface area contributed by atoms with Crippen molar-refractivity contribution in [1.29, 1.82) is 0 Å². The number of hydrogen-bond donors (Lipinski definition) is 2. The minimum absolute atomic E-state index is 0.465. The van der Waals surface area contributed by atoms with Crippen LogP contribution in [0.3, 0.4) is 0 Å². The molecule has 0 fully saturated rings. The van der Waals surface area contributed by atoms with Gasteiger partial charge in [-0.25, -0.2) is 14.3 Å². The van der Waals surface area contributed by atoms with Crippen molar-refractivity contribution in [2.45, 2.75) is 6.54 Å². The molecule has 0 unspecified atom stereocenters. The third-order valence-electron chi connectivity index (χ3n) is 1.62. The summed E-state index contributed by atoms with van der Waals surface area (Å²) in [6.07, 6.45) is 3.21. The zero-order chi connectivity index (χ0) is 9.80. The first-order valence-electron chi connectivity index (χ1n) is 4.05. The Balaban J connectivity index is 1.98. The van der Waals surface area contributed by atoms with Crippen molar-refractivity contribution >= 4 is 23.2 Å². The molecule has 0 bridgehead atoms. The van der Waals surface area contributed by atoms with Gasteiger partial charge in [-0.05, 0) is 17.6 Å². The second kappa shape index (κ2) is 4.01. The van der Waals surface area contributed by atoms with Gasteiger partial charge in [0, 0.05) is 17.1 Å². The number of rotatable bonds is 3. The van der Waals surface area contributed by atoms with Crippen LogP contribution in [0.1, 0.15) is 4.88 Å². The number of nitrogens with zero attached hydrogens (tertiary/aromatic N) is 3. The molecule has 0 aromatic carbocycles. The summed E-state index contributed by atoms with van der Waals surface area (Å²) in [5.41, 5.74) is 5.51. The first kappa shape index (κ1) is 8.89. The Labute approximate surface area is 85.2 Å². The molecule has 0 saturated heterocycles. The summed E-state index contributed by atoms with van der Waals surface area (Å²) in [6.45, 7) is 0.709. The number of aromatic nitrogens is 3. The maximum absolute atomic E-state index is 5.51. The summed E-state index contributed by atoms with van der Waals surface area (Å²) in [7, 11) is 0. The van der Waals surface area contributed by atoms with Crippen LogP contribution >= 0.6 is 11.5 Å². The third-order valence-corrected chi connectivity index (χ3v) is 2.37. The van der Waals surface area contributed by atoms with Gasteiger partial charge in [0.15, 0.2) is 0 Å². The molecule has 6 heteroatoms. The maximum Gasteiger partial charge on any atom is 0.131 e. The zero-order valence-corrected chi connectivity index (χ0v) is 8.16. The number of nitrogen functional groups attached to an aromatic ring is 1. The Bertz CT molecular complexity index is 400. The molecule has 0 aliphatic rings. The predicted octanol–water partition coefficient (Wildman–Crippen LogP) is 1.13. The van der Waals surface area contributed by atoms with Gasteiger partial charge in [0.2, 0.25) is 0 Å². The van der Waals surface area contributed by atoms with Gasteiger partial charge in [0.1, 0.15) is 18.0 Å². The summed E-state index contributed by atoms with van der Waals surface area (Å²) in [5, 5.41) is 3.13. The van der Waals surface area contributed by atoms with Crippen LogP contribution in [0.5, 0.6) is 0 Å². The number of nitrogens with one attached hydrogen (secondary N) is 1. The average molecular weight is 207 g/mol. The van der Waals surface area contributed by atoms with E-state index in [-0.39, 0.29) is 0 Å². The highest BCUT2D eigenvalue weighted by Crippen LogP contribution is 2.09. The van der Waals surface area contributed by atoms with E-state index in [1.165, 1.54) is 17.9 Å². The van der Waals surface area contributed by atoms with Gasteiger partial charge in [-0.3, -0.25) is 0 Å². The van der Waals surface area contributed by atoms with E-state index in [1.807, 2.05) is 6.07 Å². The van der Waals surface area contributed by atoms with E-state index in [9.17, 15) is 0 Å². The van der Waals surface area contributed by atoms with E-state index in [0.29, 0.717) is 12.4 Å². The third kappa shape index (κ3) is 2.17. The molecule has 2 heterocycles. The number of nitrogens with two attached hydrogens (primary N) is 1. The van der Waals surface area contributed by atoms with Crippen molar-refractivity contribution in [3.8, 4) is 0 Å². The average Bonchev–Trinajstić information content (AvgIpc) is 2.67. The van der Waals surface area contributed by atoms with E-state index in [0.717, 1.165) is 10.7 Å². The van der Waals surface area contributed by atoms with Crippen LogP contribution in [0.15, 0.2) is 24.7 Å². The molecule has 0 spiro atoms. The molecule has 0 aliphatic heterocycles. The Hall–Kier alpha value is -1.69. The fraction of sp³-hybridized carbons (Fsp3) is 0.125. The van der Waals surface area contributed by atoms with Crippen LogP contribution in [-0.2, 0) is 6.54 Å². The Kier molecular flexibility index (Phi) is 2.55. The molecule has 72 valence electrons. The van der Waals surface area contributed by atoms with Gasteiger partial charge in [-0.15, -0.1) is 0 Å². The minimum atomic E-state index is 0.465. The van der Waals surface area contributed by atoms with Crippen molar-refractivity contribution < 1.29 is 0 Å². The SMILES string of the molecule is Nc1cc(NCc2ccns2)ncn1. The van der Waals surface area contributed by atoms with E-state index in [4.69, 9.17) is 5.73 Å². The molecule has 2 aromatic rings. The van der Waals surface area contributed by atoms with Crippen molar-refractivity contribution in [3.05, 3.63) is 29.5 Å². The van der Waals surface area contributed by atoms with Crippen LogP contribution in [0.25, 0.3) is 0 Å². The highest BCUT2D eigenvalue weighted by Gasteiger charge is 1.97. The van der Waals surface area contributed by atoms with Crippen molar-refractivity contribution in [3.63, 3.8) is 0 Å². The van der Waals surface area contributed by atoms with Crippen LogP contribution in [0.2, 0.25) is 0 Å². The van der Waals surface area contributed by atoms with Crippen molar-refractivity contribution in [1.82, 2.24) is 14.3 Å². The lowest BCUT2D eigenvalue weighted by molar-refractivity contribution is 1.10. The van der Waals surface area contributed by atoms with Crippen LogP contribution in [0, 0.1) is 0 Å². The Morgan fingerprint density at radius 2 is 2.36 bits per heavy atom. The Morgan fingerprint density at radius 3 is 3.07 bits per heavy atom. The molecule has 2 rings (SSSR count). The summed E-state index contributed by atoms with van der Waals surface area (Å²) in [4.78, 5) is 8.98. The fourth-order valence-corrected chi connectivity index (χ4v) is 1.50. The second-order valence-corrected chi connectivity index (χ2v) is 3.58. The predicted molar refractivity (Wildman–Crippen MR) is 55.9 cm³/mol. The standard InChI is InChI=1S/C8H9N5S/c9-7-3-8(12-5-11-7)10-4-6-1-2-13-14-6/h1-3,5H,4H2,(H3,9,10,11,12). The summed E-state index contributed by atoms with van der Waals surface area (Å²) in [6, 6.07) is 3.66. The van der Waals surface area contributed by atoms with Gasteiger partial charge < -0.3 is 11.1 Å². The summed E-state index contributed by atoms with van der Waals surface area (Å²) >= 11 is 1.46. The normalized spacial score (nSPS) is 10.0. The van der Waals surface area contributed by atoms with E-state index in [1.54, 1.807) is 12.3 Å². The largest absolute Gasteiger partial charge is 0.384 e. The van der Waals surface area contributed by atoms with Gasteiger partial charge in [-0.1, -0.05) is 0 Å². The number of hydrogen-bond acceptors (Lipinski definition) is 6. The van der Waals surface area contributed by atoms with Crippen molar-refractivity contribution in [2.75, 3.05) is 11.1 Å². The van der Waals surface area contributed by atoms with E-state index in [2.05, 4.69) is 19.7 Å². The van der Waals surface area contributed by atoms with E-state index >= 15 is 0 Å². The number of anilines is 2. The summed E-state index contributed by atoms with van der Waals surface area (Å²) < 4.78 is 4.00. The van der Waals surface area contributed by atoms with Crippen molar-refractivity contribution in [2.24, 2.45) is 0 Å². The molecule has 2 aromatic heterocycles. The molecular weight excluding hydrogens is 198 g/mol. The molecule has 0 amide bonds. The molecule has 14 heavy (non-hydrogen) atoms. The minimum Gasteiger partial charge on any atom is -0.384 e. The fourth-order valence-electron chi connectivity index (χ4n) is 0.980. The first-order chi connectivity index (χ1) is 6.84. The van der Waals surface area contributed by atoms with Gasteiger partial charge in [0.05, 0.1) is 6.54 Å². The molecule has 0 aliphatic carbocycles. The smallest absolute Gasteiger partial charge is 0.131 e. The lowest BCUT2D eigenvalue weighted by atomic mass is 10.4. The van der Waals surface area contributed by atoms with Gasteiger partial charge in [0.25, 0.3) is 0 Å². The topological polar surface area (TPSA) is 76.7 Å². The zero-order valence-electron chi connectivity index (χ0n) is 7.34. The molecule has 3 N–H and O–H groups in total. The Morgan fingerprint density at radius 1 is 1.43 bits per heavy atom. The van der Waals surface area contributed by atoms with Crippen LogP contribution in [-0.4, -0.2) is 14.3 Å². The van der Waals surface area contributed by atoms with Gasteiger partial charge >= 0.3 is 0 Å². The lowest BCUT2D eigenvalue weighted by Gasteiger charge is -2.02. The highest BCUT2D eigenvalue weighted by atomic mass is 32.1. The molecule has 5 nitrogen and oxygen atoms in total. The van der Waals surface area contributed by atoms with Crippen LogP contribution < -0.4 is 11.1 Å². The van der Waals surface area contributed by atoms with Crippen LogP contribution in [0.4, 0.5) is 11.6 Å². The monoisotopic (exact) mass is 207 g/mol. The maximum atomic E-state index is 5.51. The lowest BCUT2D eigenvalue weighted by Crippen LogP contribution is -2.01. The summed E-state index contributed by atoms with van der Waals surface area (Å²) in [5.74, 6) is 1.19. The quantitative estimate of drug-likeness (QED) is 0.788. The molecule has 0 saturated carbocycles. The first-order valence-corrected chi connectivity index (χ1v) is 4.83. The van der Waals surface area contributed by atoms with E-state index < -0.39 is 0 Å². The molecular formula is C8H9N5S.